The number of nitrogens with two attached hydrogens (primary N) is 1. The number of esters is 1. The van der Waals surface area contributed by atoms with Crippen LogP contribution in [0.5, 0.6) is 0 Å². The van der Waals surface area contributed by atoms with Crippen molar-refractivity contribution in [1.29, 1.82) is 0 Å². The van der Waals surface area contributed by atoms with Gasteiger partial charge in [-0.15, -0.1) is 0 Å². The van der Waals surface area contributed by atoms with Crippen LogP contribution >= 0.6 is 0 Å². The summed E-state index contributed by atoms with van der Waals surface area (Å²) in [4.78, 5) is 33.4. The number of rotatable bonds is 6. The molecule has 8 heteroatoms. The number of carbonyl (C=O) groups is 2. The minimum Gasteiger partial charge on any atom is -0.452 e. The predicted octanol–water partition coefficient (Wildman–Crippen LogP) is 1.49. The molecule has 1 atom stereocenters. The number of amides is 1. The van der Waals surface area contributed by atoms with Crippen molar-refractivity contribution in [3.05, 3.63) is 33.9 Å². The molecule has 0 aliphatic rings. The van der Waals surface area contributed by atoms with Crippen LogP contribution in [-0.4, -0.2) is 29.4 Å². The summed E-state index contributed by atoms with van der Waals surface area (Å²) in [6.45, 7) is 5.31. The van der Waals surface area contributed by atoms with Gasteiger partial charge in [0.05, 0.1) is 16.2 Å². The number of carbonyl (C=O) groups excluding carboxylic acids is 2. The van der Waals surface area contributed by atoms with E-state index in [0.717, 1.165) is 12.1 Å². The average molecular weight is 309 g/mol. The van der Waals surface area contributed by atoms with Crippen molar-refractivity contribution in [2.45, 2.75) is 26.8 Å². The Morgan fingerprint density at radius 3 is 2.50 bits per heavy atom. The first-order valence-corrected chi connectivity index (χ1v) is 6.72. The fourth-order valence-electron chi connectivity index (χ4n) is 1.52. The van der Waals surface area contributed by atoms with Gasteiger partial charge >= 0.3 is 5.97 Å². The number of nitro benzene ring substituents is 1. The summed E-state index contributed by atoms with van der Waals surface area (Å²) in [6.07, 6.45) is 0. The van der Waals surface area contributed by atoms with Gasteiger partial charge in [-0.05, 0) is 18.9 Å². The molecule has 0 aliphatic carbocycles. The minimum absolute atomic E-state index is 0.0182. The summed E-state index contributed by atoms with van der Waals surface area (Å²) < 4.78 is 4.85. The number of non-ortho nitro benzene ring substituents is 1. The second kappa shape index (κ2) is 7.39. The lowest BCUT2D eigenvalue weighted by Crippen LogP contribution is -2.38. The maximum absolute atomic E-state index is 11.8. The molecular weight excluding hydrogens is 290 g/mol. The van der Waals surface area contributed by atoms with E-state index in [9.17, 15) is 19.7 Å². The summed E-state index contributed by atoms with van der Waals surface area (Å²) in [5.74, 6) is -0.972. The Kier molecular flexibility index (Phi) is 5.85. The van der Waals surface area contributed by atoms with Crippen molar-refractivity contribution >= 4 is 23.3 Å². The normalized spacial score (nSPS) is 11.8. The molecule has 0 heterocycles. The number of ether oxygens (including phenoxy) is 1. The van der Waals surface area contributed by atoms with Crippen LogP contribution in [0, 0.1) is 16.0 Å². The smallest absolute Gasteiger partial charge is 0.340 e. The minimum atomic E-state index is -0.806. The molecule has 0 unspecified atom stereocenters. The number of nitro groups is 1. The molecule has 3 N–H and O–H groups in total. The molecule has 22 heavy (non-hydrogen) atoms. The zero-order valence-electron chi connectivity index (χ0n) is 12.7. The van der Waals surface area contributed by atoms with Crippen molar-refractivity contribution in [3.63, 3.8) is 0 Å². The van der Waals surface area contributed by atoms with Crippen LogP contribution in [0.25, 0.3) is 0 Å². The first kappa shape index (κ1) is 17.4. The van der Waals surface area contributed by atoms with E-state index in [1.165, 1.54) is 6.07 Å². The van der Waals surface area contributed by atoms with E-state index >= 15 is 0 Å². The second-order valence-electron chi connectivity index (χ2n) is 5.21. The molecule has 0 spiro atoms. The standard InChI is InChI=1S/C14H19N3O5/c1-8(2)9(3)16-13(18)7-22-14(19)11-5-4-10(17(20)21)6-12(11)15/h4-6,8-9H,7,15H2,1-3H3,(H,16,18)/t9-/m0/s1. The van der Waals surface area contributed by atoms with E-state index < -0.39 is 23.4 Å². The lowest BCUT2D eigenvalue weighted by Gasteiger charge is -2.17. The first-order chi connectivity index (χ1) is 10.2. The third-order valence-electron chi connectivity index (χ3n) is 3.19. The molecule has 0 saturated carbocycles. The monoisotopic (exact) mass is 309 g/mol. The van der Waals surface area contributed by atoms with E-state index in [0.29, 0.717) is 0 Å². The topological polar surface area (TPSA) is 125 Å². The molecule has 1 rings (SSSR count). The number of nitrogens with one attached hydrogen (secondary N) is 1. The molecule has 0 aliphatic heterocycles. The Hall–Kier alpha value is -2.64. The molecule has 0 bridgehead atoms. The molecule has 1 amide bonds. The number of benzene rings is 1. The molecule has 0 aromatic heterocycles. The van der Waals surface area contributed by atoms with Gasteiger partial charge in [0.2, 0.25) is 0 Å². The fraction of sp³-hybridized carbons (Fsp3) is 0.429. The van der Waals surface area contributed by atoms with Gasteiger partial charge < -0.3 is 15.8 Å². The zero-order chi connectivity index (χ0) is 16.9. The molecule has 0 radical (unpaired) electrons. The van der Waals surface area contributed by atoms with Gasteiger partial charge in [-0.3, -0.25) is 14.9 Å². The van der Waals surface area contributed by atoms with Gasteiger partial charge in [-0.25, -0.2) is 4.79 Å². The summed E-state index contributed by atoms with van der Waals surface area (Å²) in [6, 6.07) is 3.37. The SMILES string of the molecule is CC(C)[C@H](C)NC(=O)COC(=O)c1ccc([N+](=O)[O-])cc1N. The number of nitrogens with zero attached hydrogens (tertiary/aromatic N) is 1. The van der Waals surface area contributed by atoms with E-state index in [1.54, 1.807) is 0 Å². The van der Waals surface area contributed by atoms with Crippen molar-refractivity contribution in [1.82, 2.24) is 5.32 Å². The van der Waals surface area contributed by atoms with Crippen molar-refractivity contribution in [2.75, 3.05) is 12.3 Å². The quantitative estimate of drug-likeness (QED) is 0.355. The van der Waals surface area contributed by atoms with Crippen LogP contribution in [0.2, 0.25) is 0 Å². The molecule has 120 valence electrons. The van der Waals surface area contributed by atoms with Gasteiger partial charge in [0, 0.05) is 18.2 Å². The van der Waals surface area contributed by atoms with E-state index in [1.807, 2.05) is 20.8 Å². The fourth-order valence-corrected chi connectivity index (χ4v) is 1.52. The highest BCUT2D eigenvalue weighted by Gasteiger charge is 2.17. The zero-order valence-corrected chi connectivity index (χ0v) is 12.7. The molecule has 8 nitrogen and oxygen atoms in total. The largest absolute Gasteiger partial charge is 0.452 e. The Morgan fingerprint density at radius 1 is 1.36 bits per heavy atom. The van der Waals surface area contributed by atoms with Crippen LogP contribution in [0.15, 0.2) is 18.2 Å². The summed E-state index contributed by atoms with van der Waals surface area (Å²) >= 11 is 0. The first-order valence-electron chi connectivity index (χ1n) is 6.72. The Labute approximate surface area is 127 Å². The van der Waals surface area contributed by atoms with Crippen molar-refractivity contribution in [3.8, 4) is 0 Å². The van der Waals surface area contributed by atoms with Crippen LogP contribution in [-0.2, 0) is 9.53 Å². The van der Waals surface area contributed by atoms with Gasteiger partial charge in [-0.2, -0.15) is 0 Å². The molecule has 1 aromatic rings. The van der Waals surface area contributed by atoms with Crippen molar-refractivity contribution < 1.29 is 19.2 Å². The third kappa shape index (κ3) is 4.72. The predicted molar refractivity (Wildman–Crippen MR) is 80.2 cm³/mol. The number of nitrogen functional groups attached to an aromatic ring is 1. The number of anilines is 1. The Morgan fingerprint density at radius 2 is 2.00 bits per heavy atom. The molecular formula is C14H19N3O5. The Balaban J connectivity index is 2.63. The highest BCUT2D eigenvalue weighted by atomic mass is 16.6. The van der Waals surface area contributed by atoms with Gasteiger partial charge in [0.1, 0.15) is 0 Å². The van der Waals surface area contributed by atoms with Crippen LogP contribution in [0.1, 0.15) is 31.1 Å². The summed E-state index contributed by atoms with van der Waals surface area (Å²) in [7, 11) is 0. The lowest BCUT2D eigenvalue weighted by molar-refractivity contribution is -0.384. The highest BCUT2D eigenvalue weighted by Crippen LogP contribution is 2.20. The van der Waals surface area contributed by atoms with Gasteiger partial charge in [0.25, 0.3) is 11.6 Å². The summed E-state index contributed by atoms with van der Waals surface area (Å²) in [5.41, 5.74) is 5.26. The number of hydrogen-bond acceptors (Lipinski definition) is 6. The van der Waals surface area contributed by atoms with Gasteiger partial charge in [-0.1, -0.05) is 13.8 Å². The molecule has 0 saturated heterocycles. The van der Waals surface area contributed by atoms with Crippen LogP contribution in [0.4, 0.5) is 11.4 Å². The maximum Gasteiger partial charge on any atom is 0.340 e. The Bertz CT molecular complexity index is 586. The van der Waals surface area contributed by atoms with Crippen molar-refractivity contribution in [2.24, 2.45) is 5.92 Å². The average Bonchev–Trinajstić information content (AvgIpc) is 2.44. The van der Waals surface area contributed by atoms with E-state index in [-0.39, 0.29) is 28.9 Å². The highest BCUT2D eigenvalue weighted by molar-refractivity contribution is 5.96. The van der Waals surface area contributed by atoms with E-state index in [4.69, 9.17) is 10.5 Å². The molecule has 0 fully saturated rings. The van der Waals surface area contributed by atoms with Gasteiger partial charge in [0.15, 0.2) is 6.61 Å². The molecule has 1 aromatic carbocycles. The van der Waals surface area contributed by atoms with Crippen LogP contribution in [0.3, 0.4) is 0 Å². The summed E-state index contributed by atoms with van der Waals surface area (Å²) in [5, 5.41) is 13.3. The second-order valence-corrected chi connectivity index (χ2v) is 5.21. The lowest BCUT2D eigenvalue weighted by atomic mass is 10.1. The number of hydrogen-bond donors (Lipinski definition) is 2. The van der Waals surface area contributed by atoms with E-state index in [2.05, 4.69) is 5.32 Å². The third-order valence-corrected chi connectivity index (χ3v) is 3.19. The maximum atomic E-state index is 11.8. The van der Waals surface area contributed by atoms with Crippen LogP contribution < -0.4 is 11.1 Å².